The molecule has 1 fully saturated rings. The third-order valence-electron chi connectivity index (χ3n) is 3.46. The van der Waals surface area contributed by atoms with Crippen LogP contribution in [0.4, 0.5) is 5.69 Å². The molecular weight excluding hydrogens is 290 g/mol. The molecule has 1 aliphatic heterocycles. The second-order valence-electron chi connectivity index (χ2n) is 4.85. The summed E-state index contributed by atoms with van der Waals surface area (Å²) in [6.45, 7) is 8.62. The summed E-state index contributed by atoms with van der Waals surface area (Å²) >= 11 is 3.56. The summed E-state index contributed by atoms with van der Waals surface area (Å²) < 4.78 is 1.12. The molecule has 0 unspecified atom stereocenters. The van der Waals surface area contributed by atoms with Crippen molar-refractivity contribution in [2.45, 2.75) is 19.9 Å². The van der Waals surface area contributed by atoms with Gasteiger partial charge in [0.05, 0.1) is 0 Å². The Morgan fingerprint density at radius 1 is 1.17 bits per heavy atom. The molecule has 0 bridgehead atoms. The zero-order chi connectivity index (χ0) is 13.0. The maximum absolute atomic E-state index is 5.73. The molecule has 2 rings (SSSR count). The van der Waals surface area contributed by atoms with Crippen LogP contribution in [-0.2, 0) is 6.54 Å². The highest BCUT2D eigenvalue weighted by Gasteiger charge is 2.16. The minimum atomic E-state index is 0.599. The summed E-state index contributed by atoms with van der Waals surface area (Å²) in [6, 6.07) is 6.49. The molecule has 0 aromatic heterocycles. The van der Waals surface area contributed by atoms with Gasteiger partial charge in [0.15, 0.2) is 0 Å². The van der Waals surface area contributed by atoms with Gasteiger partial charge in [0.25, 0.3) is 0 Å². The topological polar surface area (TPSA) is 32.5 Å². The lowest BCUT2D eigenvalue weighted by molar-refractivity contribution is 0.258. The van der Waals surface area contributed by atoms with Crippen molar-refractivity contribution in [3.63, 3.8) is 0 Å². The summed E-state index contributed by atoms with van der Waals surface area (Å²) in [6.07, 6.45) is 1.24. The molecule has 100 valence electrons. The van der Waals surface area contributed by atoms with Gasteiger partial charge in [0.2, 0.25) is 0 Å². The first-order valence-electron chi connectivity index (χ1n) is 6.69. The zero-order valence-corrected chi connectivity index (χ0v) is 12.6. The smallest absolute Gasteiger partial charge is 0.0381 e. The minimum absolute atomic E-state index is 0.599. The molecule has 0 saturated carbocycles. The lowest BCUT2D eigenvalue weighted by Gasteiger charge is -2.36. The van der Waals surface area contributed by atoms with E-state index < -0.39 is 0 Å². The molecule has 2 N–H and O–H groups in total. The van der Waals surface area contributed by atoms with Crippen LogP contribution in [0.25, 0.3) is 0 Å². The predicted octanol–water partition coefficient (Wildman–Crippen LogP) is 2.44. The molecule has 1 aromatic rings. The maximum Gasteiger partial charge on any atom is 0.0381 e. The molecule has 1 aromatic carbocycles. The number of anilines is 1. The van der Waals surface area contributed by atoms with E-state index in [4.69, 9.17) is 5.73 Å². The van der Waals surface area contributed by atoms with E-state index in [1.165, 1.54) is 24.2 Å². The molecule has 1 heterocycles. The fourth-order valence-electron chi connectivity index (χ4n) is 2.48. The van der Waals surface area contributed by atoms with E-state index in [-0.39, 0.29) is 0 Å². The Labute approximate surface area is 118 Å². The number of piperazine rings is 1. The van der Waals surface area contributed by atoms with Crippen molar-refractivity contribution in [1.82, 2.24) is 4.90 Å². The molecule has 0 radical (unpaired) electrons. The van der Waals surface area contributed by atoms with Crippen molar-refractivity contribution in [2.24, 2.45) is 5.73 Å². The van der Waals surface area contributed by atoms with E-state index in [0.29, 0.717) is 6.54 Å². The van der Waals surface area contributed by atoms with Gasteiger partial charge in [0, 0.05) is 42.9 Å². The number of hydrogen-bond acceptors (Lipinski definition) is 3. The van der Waals surface area contributed by atoms with Crippen LogP contribution in [-0.4, -0.2) is 37.6 Å². The molecule has 1 saturated heterocycles. The quantitative estimate of drug-likeness (QED) is 0.927. The van der Waals surface area contributed by atoms with Gasteiger partial charge in [0.1, 0.15) is 0 Å². The van der Waals surface area contributed by atoms with E-state index in [0.717, 1.165) is 30.7 Å². The van der Waals surface area contributed by atoms with Crippen molar-refractivity contribution < 1.29 is 0 Å². The lowest BCUT2D eigenvalue weighted by atomic mass is 10.1. The van der Waals surface area contributed by atoms with Crippen LogP contribution in [0.2, 0.25) is 0 Å². The van der Waals surface area contributed by atoms with Gasteiger partial charge >= 0.3 is 0 Å². The number of rotatable bonds is 4. The van der Waals surface area contributed by atoms with Crippen LogP contribution < -0.4 is 10.6 Å². The highest BCUT2D eigenvalue weighted by Crippen LogP contribution is 2.23. The minimum Gasteiger partial charge on any atom is -0.369 e. The first-order valence-corrected chi connectivity index (χ1v) is 7.49. The van der Waals surface area contributed by atoms with Crippen molar-refractivity contribution in [2.75, 3.05) is 37.6 Å². The van der Waals surface area contributed by atoms with Crippen molar-refractivity contribution in [3.05, 3.63) is 28.2 Å². The summed E-state index contributed by atoms with van der Waals surface area (Å²) in [4.78, 5) is 4.99. The fourth-order valence-corrected chi connectivity index (χ4v) is 3.01. The Balaban J connectivity index is 2.02. The molecule has 0 aliphatic carbocycles. The van der Waals surface area contributed by atoms with Crippen LogP contribution in [0, 0.1) is 0 Å². The van der Waals surface area contributed by atoms with Gasteiger partial charge in [-0.3, -0.25) is 4.90 Å². The van der Waals surface area contributed by atoms with Crippen LogP contribution in [0.15, 0.2) is 22.7 Å². The summed E-state index contributed by atoms with van der Waals surface area (Å²) in [5, 5.41) is 0. The average Bonchev–Trinajstić information content (AvgIpc) is 2.39. The highest BCUT2D eigenvalue weighted by molar-refractivity contribution is 9.10. The van der Waals surface area contributed by atoms with Crippen LogP contribution in [0.5, 0.6) is 0 Å². The first-order chi connectivity index (χ1) is 8.72. The Bertz CT molecular complexity index is 387. The summed E-state index contributed by atoms with van der Waals surface area (Å²) in [5.74, 6) is 0. The van der Waals surface area contributed by atoms with Gasteiger partial charge in [-0.1, -0.05) is 22.9 Å². The van der Waals surface area contributed by atoms with Gasteiger partial charge in [-0.25, -0.2) is 0 Å². The predicted molar refractivity (Wildman–Crippen MR) is 81.0 cm³/mol. The standard InChI is InChI=1S/C14H22BrN3/c1-2-3-17-4-6-18(7-5-17)14-9-12(11-16)8-13(15)10-14/h8-10H,2-7,11,16H2,1H3. The largest absolute Gasteiger partial charge is 0.369 e. The maximum atomic E-state index is 5.73. The lowest BCUT2D eigenvalue weighted by Crippen LogP contribution is -2.46. The molecule has 18 heavy (non-hydrogen) atoms. The van der Waals surface area contributed by atoms with E-state index in [1.807, 2.05) is 0 Å². The number of halogens is 1. The van der Waals surface area contributed by atoms with E-state index in [1.54, 1.807) is 0 Å². The highest BCUT2D eigenvalue weighted by atomic mass is 79.9. The molecule has 4 heteroatoms. The van der Waals surface area contributed by atoms with E-state index in [9.17, 15) is 0 Å². The molecule has 0 spiro atoms. The number of nitrogens with two attached hydrogens (primary N) is 1. The van der Waals surface area contributed by atoms with Gasteiger partial charge in [-0.15, -0.1) is 0 Å². The van der Waals surface area contributed by atoms with E-state index >= 15 is 0 Å². The molecule has 0 amide bonds. The normalized spacial score (nSPS) is 17.2. The van der Waals surface area contributed by atoms with Gasteiger partial charge in [-0.05, 0) is 36.7 Å². The summed E-state index contributed by atoms with van der Waals surface area (Å²) in [7, 11) is 0. The summed E-state index contributed by atoms with van der Waals surface area (Å²) in [5.41, 5.74) is 8.21. The first kappa shape index (κ1) is 13.8. The van der Waals surface area contributed by atoms with Crippen LogP contribution in [0.3, 0.4) is 0 Å². The van der Waals surface area contributed by atoms with Crippen LogP contribution >= 0.6 is 15.9 Å². The molecular formula is C14H22BrN3. The van der Waals surface area contributed by atoms with Crippen molar-refractivity contribution in [3.8, 4) is 0 Å². The van der Waals surface area contributed by atoms with Gasteiger partial charge in [-0.2, -0.15) is 0 Å². The molecule has 0 atom stereocenters. The fraction of sp³-hybridized carbons (Fsp3) is 0.571. The zero-order valence-electron chi connectivity index (χ0n) is 11.0. The van der Waals surface area contributed by atoms with Crippen LogP contribution in [0.1, 0.15) is 18.9 Å². The monoisotopic (exact) mass is 311 g/mol. The second kappa shape index (κ2) is 6.55. The Kier molecular flexibility index (Phi) is 5.03. The number of benzene rings is 1. The molecule has 1 aliphatic rings. The average molecular weight is 312 g/mol. The third-order valence-corrected chi connectivity index (χ3v) is 3.91. The molecule has 3 nitrogen and oxygen atoms in total. The second-order valence-corrected chi connectivity index (χ2v) is 5.77. The number of nitrogens with zero attached hydrogens (tertiary/aromatic N) is 2. The Morgan fingerprint density at radius 2 is 1.89 bits per heavy atom. The van der Waals surface area contributed by atoms with Crippen molar-refractivity contribution >= 4 is 21.6 Å². The third kappa shape index (κ3) is 3.46. The Morgan fingerprint density at radius 3 is 2.50 bits per heavy atom. The van der Waals surface area contributed by atoms with Crippen molar-refractivity contribution in [1.29, 1.82) is 0 Å². The Hall–Kier alpha value is -0.580. The van der Waals surface area contributed by atoms with Gasteiger partial charge < -0.3 is 10.6 Å². The SMILES string of the molecule is CCCN1CCN(c2cc(Br)cc(CN)c2)CC1. The van der Waals surface area contributed by atoms with E-state index in [2.05, 4.69) is 50.9 Å². The number of hydrogen-bond donors (Lipinski definition) is 1.